The zero-order chi connectivity index (χ0) is 15.4. The van der Waals surface area contributed by atoms with Gasteiger partial charge >= 0.3 is 0 Å². The maximum atomic E-state index is 6.19. The Bertz CT molecular complexity index is 632. The third-order valence-electron chi connectivity index (χ3n) is 2.84. The second-order valence-corrected chi connectivity index (χ2v) is 7.20. The van der Waals surface area contributed by atoms with Crippen molar-refractivity contribution in [3.8, 4) is 11.5 Å². The van der Waals surface area contributed by atoms with E-state index in [0.717, 1.165) is 26.8 Å². The SMILES string of the molecule is CC(C)NCc1ccc(Br)cc1Oc1cc(Br)ccc1Cl. The molecule has 1 N–H and O–H groups in total. The van der Waals surface area contributed by atoms with Gasteiger partial charge in [-0.15, -0.1) is 0 Å². The first-order valence-electron chi connectivity index (χ1n) is 6.60. The smallest absolute Gasteiger partial charge is 0.147 e. The van der Waals surface area contributed by atoms with E-state index in [4.69, 9.17) is 16.3 Å². The minimum Gasteiger partial charge on any atom is -0.455 e. The van der Waals surface area contributed by atoms with Crippen LogP contribution >= 0.6 is 43.5 Å². The van der Waals surface area contributed by atoms with Crippen molar-refractivity contribution in [1.82, 2.24) is 5.32 Å². The van der Waals surface area contributed by atoms with Crippen LogP contribution < -0.4 is 10.1 Å². The minimum atomic E-state index is 0.413. The van der Waals surface area contributed by atoms with Crippen LogP contribution in [0.2, 0.25) is 5.02 Å². The van der Waals surface area contributed by atoms with Gasteiger partial charge in [-0.2, -0.15) is 0 Å². The fourth-order valence-corrected chi connectivity index (χ4v) is 2.59. The summed E-state index contributed by atoms with van der Waals surface area (Å²) in [4.78, 5) is 0. The zero-order valence-corrected chi connectivity index (χ0v) is 15.7. The number of halogens is 3. The Labute approximate surface area is 147 Å². The highest BCUT2D eigenvalue weighted by atomic mass is 79.9. The first kappa shape index (κ1) is 16.8. The second kappa shape index (κ2) is 7.63. The molecule has 0 unspecified atom stereocenters. The summed E-state index contributed by atoms with van der Waals surface area (Å²) >= 11 is 13.1. The lowest BCUT2D eigenvalue weighted by Crippen LogP contribution is -2.22. The van der Waals surface area contributed by atoms with E-state index in [0.29, 0.717) is 16.8 Å². The number of benzene rings is 2. The first-order chi connectivity index (χ1) is 9.95. The third-order valence-corrected chi connectivity index (χ3v) is 4.14. The van der Waals surface area contributed by atoms with Crippen molar-refractivity contribution in [2.24, 2.45) is 0 Å². The lowest BCUT2D eigenvalue weighted by Gasteiger charge is -2.15. The molecule has 0 radical (unpaired) electrons. The largest absolute Gasteiger partial charge is 0.455 e. The lowest BCUT2D eigenvalue weighted by atomic mass is 10.2. The molecular weight excluding hydrogens is 417 g/mol. The molecular formula is C16H16Br2ClNO. The van der Waals surface area contributed by atoms with Crippen molar-refractivity contribution in [2.45, 2.75) is 26.4 Å². The molecule has 0 atom stereocenters. The fourth-order valence-electron chi connectivity index (χ4n) is 1.76. The number of hydrogen-bond acceptors (Lipinski definition) is 2. The summed E-state index contributed by atoms with van der Waals surface area (Å²) < 4.78 is 7.90. The molecule has 2 rings (SSSR count). The molecule has 0 saturated carbocycles. The van der Waals surface area contributed by atoms with Crippen molar-refractivity contribution in [3.63, 3.8) is 0 Å². The Morgan fingerprint density at radius 2 is 1.67 bits per heavy atom. The molecule has 0 heterocycles. The van der Waals surface area contributed by atoms with E-state index in [2.05, 4.69) is 51.0 Å². The van der Waals surface area contributed by atoms with Gasteiger partial charge in [-0.1, -0.05) is 63.4 Å². The van der Waals surface area contributed by atoms with Gasteiger partial charge < -0.3 is 10.1 Å². The predicted molar refractivity (Wildman–Crippen MR) is 95.3 cm³/mol. The quantitative estimate of drug-likeness (QED) is 0.610. The fraction of sp³-hybridized carbons (Fsp3) is 0.250. The van der Waals surface area contributed by atoms with Gasteiger partial charge in [0.25, 0.3) is 0 Å². The highest BCUT2D eigenvalue weighted by Gasteiger charge is 2.09. The average Bonchev–Trinajstić information content (AvgIpc) is 2.42. The predicted octanol–water partition coefficient (Wildman–Crippen LogP) is 6.16. The van der Waals surface area contributed by atoms with Crippen molar-refractivity contribution >= 4 is 43.5 Å². The summed E-state index contributed by atoms with van der Waals surface area (Å²) in [6, 6.07) is 12.0. The summed E-state index contributed by atoms with van der Waals surface area (Å²) in [6.07, 6.45) is 0. The van der Waals surface area contributed by atoms with Gasteiger partial charge in [0.2, 0.25) is 0 Å². The lowest BCUT2D eigenvalue weighted by molar-refractivity contribution is 0.469. The Morgan fingerprint density at radius 3 is 2.33 bits per heavy atom. The van der Waals surface area contributed by atoms with Crippen molar-refractivity contribution < 1.29 is 4.74 Å². The Morgan fingerprint density at radius 1 is 1.05 bits per heavy atom. The van der Waals surface area contributed by atoms with E-state index in [9.17, 15) is 0 Å². The molecule has 0 bridgehead atoms. The first-order valence-corrected chi connectivity index (χ1v) is 8.57. The van der Waals surface area contributed by atoms with Crippen LogP contribution in [-0.2, 0) is 6.54 Å². The summed E-state index contributed by atoms with van der Waals surface area (Å²) in [5.41, 5.74) is 1.09. The van der Waals surface area contributed by atoms with Crippen LogP contribution in [0.1, 0.15) is 19.4 Å². The number of rotatable bonds is 5. The summed E-state index contributed by atoms with van der Waals surface area (Å²) in [7, 11) is 0. The number of ether oxygens (including phenoxy) is 1. The van der Waals surface area contributed by atoms with E-state index in [-0.39, 0.29) is 0 Å². The van der Waals surface area contributed by atoms with Crippen LogP contribution in [0.5, 0.6) is 11.5 Å². The highest BCUT2D eigenvalue weighted by Crippen LogP contribution is 2.34. The molecule has 0 fully saturated rings. The molecule has 0 spiro atoms. The maximum absolute atomic E-state index is 6.19. The molecule has 0 aliphatic heterocycles. The minimum absolute atomic E-state index is 0.413. The molecule has 0 aliphatic rings. The molecule has 2 nitrogen and oxygen atoms in total. The second-order valence-electron chi connectivity index (χ2n) is 4.96. The summed E-state index contributed by atoms with van der Waals surface area (Å²) in [5.74, 6) is 1.42. The molecule has 0 saturated heterocycles. The molecule has 0 amide bonds. The van der Waals surface area contributed by atoms with Gasteiger partial charge in [-0.25, -0.2) is 0 Å². The Kier molecular flexibility index (Phi) is 6.11. The Balaban J connectivity index is 2.29. The molecule has 0 aromatic heterocycles. The van der Waals surface area contributed by atoms with Gasteiger partial charge in [-0.05, 0) is 30.3 Å². The van der Waals surface area contributed by atoms with Crippen LogP contribution in [0.25, 0.3) is 0 Å². The molecule has 112 valence electrons. The third kappa shape index (κ3) is 4.99. The number of hydrogen-bond donors (Lipinski definition) is 1. The standard InChI is InChI=1S/C16H16Br2ClNO/c1-10(2)20-9-11-3-4-12(17)7-15(11)21-16-8-13(18)5-6-14(16)19/h3-8,10,20H,9H2,1-2H3. The average molecular weight is 434 g/mol. The van der Waals surface area contributed by atoms with Crippen molar-refractivity contribution in [3.05, 3.63) is 55.9 Å². The Hall–Kier alpha value is -0.550. The topological polar surface area (TPSA) is 21.3 Å². The van der Waals surface area contributed by atoms with Crippen LogP contribution in [-0.4, -0.2) is 6.04 Å². The summed E-state index contributed by atoms with van der Waals surface area (Å²) in [5, 5.41) is 3.98. The summed E-state index contributed by atoms with van der Waals surface area (Å²) in [6.45, 7) is 4.97. The highest BCUT2D eigenvalue weighted by molar-refractivity contribution is 9.10. The van der Waals surface area contributed by atoms with Crippen molar-refractivity contribution in [2.75, 3.05) is 0 Å². The van der Waals surface area contributed by atoms with Crippen LogP contribution in [0.3, 0.4) is 0 Å². The molecule has 2 aromatic carbocycles. The van der Waals surface area contributed by atoms with Crippen LogP contribution in [0.15, 0.2) is 45.3 Å². The van der Waals surface area contributed by atoms with E-state index in [1.54, 1.807) is 0 Å². The normalized spacial score (nSPS) is 11.0. The van der Waals surface area contributed by atoms with Gasteiger partial charge in [-0.3, -0.25) is 0 Å². The van der Waals surface area contributed by atoms with Crippen LogP contribution in [0.4, 0.5) is 0 Å². The van der Waals surface area contributed by atoms with Gasteiger partial charge in [0, 0.05) is 27.1 Å². The van der Waals surface area contributed by atoms with Gasteiger partial charge in [0.15, 0.2) is 0 Å². The molecule has 0 aliphatic carbocycles. The molecule has 2 aromatic rings. The van der Waals surface area contributed by atoms with Crippen LogP contribution in [0, 0.1) is 0 Å². The van der Waals surface area contributed by atoms with E-state index in [1.807, 2.05) is 36.4 Å². The number of nitrogens with one attached hydrogen (secondary N) is 1. The van der Waals surface area contributed by atoms with Gasteiger partial charge in [0.05, 0.1) is 5.02 Å². The zero-order valence-electron chi connectivity index (χ0n) is 11.8. The van der Waals surface area contributed by atoms with E-state index >= 15 is 0 Å². The van der Waals surface area contributed by atoms with Crippen molar-refractivity contribution in [1.29, 1.82) is 0 Å². The van der Waals surface area contributed by atoms with E-state index < -0.39 is 0 Å². The maximum Gasteiger partial charge on any atom is 0.147 e. The van der Waals surface area contributed by atoms with E-state index in [1.165, 1.54) is 0 Å². The molecule has 21 heavy (non-hydrogen) atoms. The monoisotopic (exact) mass is 431 g/mol. The molecule has 5 heteroatoms. The van der Waals surface area contributed by atoms with Gasteiger partial charge in [0.1, 0.15) is 11.5 Å².